The number of benzene rings is 2. The Morgan fingerprint density at radius 2 is 1.61 bits per heavy atom. The molecule has 3 nitrogen and oxygen atoms in total. The first-order valence-electron chi connectivity index (χ1n) is 7.53. The highest BCUT2D eigenvalue weighted by Crippen LogP contribution is 2.38. The van der Waals surface area contributed by atoms with Gasteiger partial charge in [-0.15, -0.1) is 0 Å². The average molecular weight is 307 g/mol. The summed E-state index contributed by atoms with van der Waals surface area (Å²) < 4.78 is 11.0. The molecule has 23 heavy (non-hydrogen) atoms. The van der Waals surface area contributed by atoms with Crippen LogP contribution < -0.4 is 9.47 Å². The summed E-state index contributed by atoms with van der Waals surface area (Å²) in [6.07, 6.45) is 1.86. The van der Waals surface area contributed by atoms with Gasteiger partial charge in [-0.1, -0.05) is 44.2 Å². The normalized spacial score (nSPS) is 11.2. The number of hydrogen-bond acceptors (Lipinski definition) is 3. The lowest BCUT2D eigenvalue weighted by Gasteiger charge is -2.17. The predicted molar refractivity (Wildman–Crippen MR) is 93.6 cm³/mol. The fraction of sp³-hybridized carbons (Fsp3) is 0.250. The van der Waals surface area contributed by atoms with Crippen LogP contribution in [0.3, 0.4) is 0 Å². The molecule has 0 amide bonds. The van der Waals surface area contributed by atoms with Crippen LogP contribution in [0.1, 0.15) is 36.5 Å². The van der Waals surface area contributed by atoms with E-state index in [0.29, 0.717) is 5.57 Å². The number of nitriles is 1. The van der Waals surface area contributed by atoms with Crippen LogP contribution in [0.15, 0.2) is 42.5 Å². The minimum Gasteiger partial charge on any atom is -0.496 e. The van der Waals surface area contributed by atoms with Crippen LogP contribution in [0.25, 0.3) is 11.6 Å². The Morgan fingerprint density at radius 1 is 1.04 bits per heavy atom. The van der Waals surface area contributed by atoms with Crippen molar-refractivity contribution in [2.24, 2.45) is 0 Å². The van der Waals surface area contributed by atoms with Gasteiger partial charge in [0.1, 0.15) is 11.5 Å². The Balaban J connectivity index is 2.58. The third-order valence-corrected chi connectivity index (χ3v) is 3.66. The topological polar surface area (TPSA) is 42.2 Å². The fourth-order valence-corrected chi connectivity index (χ4v) is 2.56. The van der Waals surface area contributed by atoms with Crippen LogP contribution in [0.5, 0.6) is 11.5 Å². The van der Waals surface area contributed by atoms with Gasteiger partial charge in [0.2, 0.25) is 0 Å². The molecule has 0 aliphatic rings. The van der Waals surface area contributed by atoms with Gasteiger partial charge in [0.15, 0.2) is 0 Å². The second-order valence-electron chi connectivity index (χ2n) is 5.53. The number of ether oxygens (including phenoxy) is 2. The van der Waals surface area contributed by atoms with Crippen LogP contribution >= 0.6 is 0 Å². The van der Waals surface area contributed by atoms with Crippen LogP contribution in [-0.2, 0) is 0 Å². The monoisotopic (exact) mass is 307 g/mol. The molecule has 2 aromatic carbocycles. The highest BCUT2D eigenvalue weighted by Gasteiger charge is 2.17. The summed E-state index contributed by atoms with van der Waals surface area (Å²) in [6.45, 7) is 4.18. The van der Waals surface area contributed by atoms with Gasteiger partial charge in [0.05, 0.1) is 25.9 Å². The molecule has 2 rings (SSSR count). The van der Waals surface area contributed by atoms with Crippen LogP contribution in [0.2, 0.25) is 0 Å². The Hall–Kier alpha value is -2.73. The molecule has 2 aromatic rings. The third-order valence-electron chi connectivity index (χ3n) is 3.66. The Bertz CT molecular complexity index is 715. The molecule has 0 aliphatic carbocycles. The molecule has 0 bridgehead atoms. The minimum atomic E-state index is 0.262. The van der Waals surface area contributed by atoms with Crippen molar-refractivity contribution in [1.82, 2.24) is 0 Å². The lowest BCUT2D eigenvalue weighted by molar-refractivity contribution is 0.382. The van der Waals surface area contributed by atoms with E-state index in [0.717, 1.165) is 28.2 Å². The first-order chi connectivity index (χ1) is 11.1. The highest BCUT2D eigenvalue weighted by molar-refractivity contribution is 5.90. The summed E-state index contributed by atoms with van der Waals surface area (Å²) in [4.78, 5) is 0. The van der Waals surface area contributed by atoms with E-state index in [1.54, 1.807) is 14.2 Å². The Labute approximate surface area is 137 Å². The Kier molecular flexibility index (Phi) is 5.43. The van der Waals surface area contributed by atoms with Crippen LogP contribution in [0.4, 0.5) is 0 Å². The van der Waals surface area contributed by atoms with Crippen molar-refractivity contribution in [1.29, 1.82) is 5.26 Å². The summed E-state index contributed by atoms with van der Waals surface area (Å²) in [5.74, 6) is 1.74. The molecule has 0 unspecified atom stereocenters. The molecule has 0 aliphatic heterocycles. The zero-order valence-electron chi connectivity index (χ0n) is 14.0. The van der Waals surface area contributed by atoms with Crippen LogP contribution in [-0.4, -0.2) is 14.2 Å². The molecule has 118 valence electrons. The smallest absolute Gasteiger partial charge is 0.126 e. The van der Waals surface area contributed by atoms with Crippen molar-refractivity contribution in [2.75, 3.05) is 14.2 Å². The minimum absolute atomic E-state index is 0.262. The van der Waals surface area contributed by atoms with E-state index in [2.05, 4.69) is 19.9 Å². The van der Waals surface area contributed by atoms with Gasteiger partial charge in [-0.3, -0.25) is 0 Å². The number of allylic oxidation sites excluding steroid dienone is 1. The number of nitrogens with zero attached hydrogens (tertiary/aromatic N) is 1. The first kappa shape index (κ1) is 16.6. The molecular weight excluding hydrogens is 286 g/mol. The van der Waals surface area contributed by atoms with Gasteiger partial charge >= 0.3 is 0 Å². The van der Waals surface area contributed by atoms with Crippen molar-refractivity contribution < 1.29 is 9.47 Å². The lowest BCUT2D eigenvalue weighted by atomic mass is 9.95. The van der Waals surface area contributed by atoms with Crippen molar-refractivity contribution in [3.63, 3.8) is 0 Å². The average Bonchev–Trinajstić information content (AvgIpc) is 2.59. The summed E-state index contributed by atoms with van der Waals surface area (Å²) >= 11 is 0. The maximum atomic E-state index is 9.55. The zero-order chi connectivity index (χ0) is 16.8. The number of hydrogen-bond donors (Lipinski definition) is 0. The standard InChI is InChI=1S/C20H21NO2/c1-14(2)20-18(22-3)11-16(12-19(20)23-4)17(13-21)10-15-8-6-5-7-9-15/h5-12,14H,1-4H3. The molecule has 0 saturated heterocycles. The van der Waals surface area contributed by atoms with Gasteiger partial charge in [-0.05, 0) is 35.3 Å². The van der Waals surface area contributed by atoms with Crippen LogP contribution in [0, 0.1) is 11.3 Å². The van der Waals surface area contributed by atoms with Crippen molar-refractivity contribution in [3.8, 4) is 17.6 Å². The SMILES string of the molecule is COc1cc(C(C#N)=Cc2ccccc2)cc(OC)c1C(C)C. The van der Waals surface area contributed by atoms with Gasteiger partial charge in [0, 0.05) is 5.56 Å². The highest BCUT2D eigenvalue weighted by atomic mass is 16.5. The quantitative estimate of drug-likeness (QED) is 0.583. The summed E-state index contributed by atoms with van der Waals surface area (Å²) in [7, 11) is 3.27. The predicted octanol–water partition coefficient (Wildman–Crippen LogP) is 4.89. The third kappa shape index (κ3) is 3.73. The maximum absolute atomic E-state index is 9.55. The van der Waals surface area contributed by atoms with Gasteiger partial charge in [-0.25, -0.2) is 0 Å². The molecule has 0 radical (unpaired) electrons. The molecule has 0 spiro atoms. The van der Waals surface area contributed by atoms with Crippen molar-refractivity contribution in [3.05, 3.63) is 59.2 Å². The molecule has 0 heterocycles. The molecule has 0 fully saturated rings. The first-order valence-corrected chi connectivity index (χ1v) is 7.53. The van der Waals surface area contributed by atoms with Crippen molar-refractivity contribution >= 4 is 11.6 Å². The van der Waals surface area contributed by atoms with Gasteiger partial charge in [0.25, 0.3) is 0 Å². The maximum Gasteiger partial charge on any atom is 0.126 e. The van der Waals surface area contributed by atoms with E-state index in [1.807, 2.05) is 48.5 Å². The molecule has 0 saturated carbocycles. The Morgan fingerprint density at radius 3 is 2.04 bits per heavy atom. The molecule has 0 aromatic heterocycles. The van der Waals surface area contributed by atoms with Gasteiger partial charge in [-0.2, -0.15) is 5.26 Å². The summed E-state index contributed by atoms with van der Waals surface area (Å²) in [5, 5.41) is 9.55. The van der Waals surface area contributed by atoms with Crippen molar-refractivity contribution in [2.45, 2.75) is 19.8 Å². The second-order valence-corrected chi connectivity index (χ2v) is 5.53. The van der Waals surface area contributed by atoms with E-state index in [9.17, 15) is 5.26 Å². The van der Waals surface area contributed by atoms with E-state index in [1.165, 1.54) is 0 Å². The fourth-order valence-electron chi connectivity index (χ4n) is 2.56. The zero-order valence-corrected chi connectivity index (χ0v) is 14.0. The van der Waals surface area contributed by atoms with E-state index in [-0.39, 0.29) is 5.92 Å². The largest absolute Gasteiger partial charge is 0.496 e. The number of rotatable bonds is 5. The van der Waals surface area contributed by atoms with E-state index in [4.69, 9.17) is 9.47 Å². The summed E-state index contributed by atoms with van der Waals surface area (Å²) in [6, 6.07) is 15.8. The second kappa shape index (κ2) is 7.51. The molecular formula is C20H21NO2. The van der Waals surface area contributed by atoms with E-state index < -0.39 is 0 Å². The van der Waals surface area contributed by atoms with Gasteiger partial charge < -0.3 is 9.47 Å². The molecule has 0 N–H and O–H groups in total. The lowest BCUT2D eigenvalue weighted by Crippen LogP contribution is -2.00. The summed E-state index contributed by atoms with van der Waals surface area (Å²) in [5.41, 5.74) is 3.35. The molecule has 3 heteroatoms. The number of methoxy groups -OCH3 is 2. The van der Waals surface area contributed by atoms with E-state index >= 15 is 0 Å². The molecule has 0 atom stereocenters.